The van der Waals surface area contributed by atoms with Gasteiger partial charge in [0.05, 0.1) is 12.6 Å². The van der Waals surface area contributed by atoms with Gasteiger partial charge in [-0.05, 0) is 35.9 Å². The molecule has 4 aromatic rings. The molecule has 0 fully saturated rings. The molecule has 7 heteroatoms. The van der Waals surface area contributed by atoms with E-state index in [9.17, 15) is 8.78 Å². The minimum atomic E-state index is -3.04. The van der Waals surface area contributed by atoms with Gasteiger partial charge >= 0.3 is 0 Å². The molecule has 0 N–H and O–H groups in total. The Hall–Kier alpha value is -4.00. The number of halogens is 2. The van der Waals surface area contributed by atoms with Crippen LogP contribution in [0, 0.1) is 0 Å². The molecule has 5 heterocycles. The van der Waals surface area contributed by atoms with Gasteiger partial charge in [0.15, 0.2) is 0 Å². The third-order valence-corrected chi connectivity index (χ3v) is 5.88. The minimum absolute atomic E-state index is 0.286. The van der Waals surface area contributed by atoms with E-state index in [-0.39, 0.29) is 5.88 Å². The van der Waals surface area contributed by atoms with Crippen molar-refractivity contribution in [3.8, 4) is 33.9 Å². The average Bonchev–Trinajstić information content (AvgIpc) is 3.16. The summed E-state index contributed by atoms with van der Waals surface area (Å²) in [5, 5.41) is 0. The molecule has 6 rings (SSSR count). The van der Waals surface area contributed by atoms with E-state index in [0.717, 1.165) is 28.5 Å². The number of pyridine rings is 3. The largest absolute Gasteiger partial charge is 0.438 e. The summed E-state index contributed by atoms with van der Waals surface area (Å²) >= 11 is 0. The van der Waals surface area contributed by atoms with Crippen molar-refractivity contribution in [3.05, 3.63) is 90.6 Å². The number of hydrogen-bond donors (Lipinski definition) is 0. The maximum absolute atomic E-state index is 14.6. The Labute approximate surface area is 182 Å². The van der Waals surface area contributed by atoms with E-state index in [1.54, 1.807) is 37.1 Å². The van der Waals surface area contributed by atoms with Gasteiger partial charge in [0, 0.05) is 58.8 Å². The molecule has 32 heavy (non-hydrogen) atoms. The Balaban J connectivity index is 1.57. The number of aromatic nitrogens is 3. The normalized spacial score (nSPS) is 19.9. The van der Waals surface area contributed by atoms with Crippen LogP contribution in [0.15, 0.2) is 84.5 Å². The molecule has 0 aliphatic carbocycles. The molecule has 0 saturated heterocycles. The van der Waals surface area contributed by atoms with Crippen LogP contribution in [0.1, 0.15) is 17.5 Å². The summed E-state index contributed by atoms with van der Waals surface area (Å²) in [4.78, 5) is 17.2. The molecule has 1 aromatic carbocycles. The number of benzene rings is 1. The van der Waals surface area contributed by atoms with E-state index < -0.39 is 17.9 Å². The molecule has 0 saturated carbocycles. The number of ether oxygens (including phenoxy) is 1. The van der Waals surface area contributed by atoms with E-state index in [1.807, 2.05) is 42.5 Å². The molecule has 0 amide bonds. The van der Waals surface area contributed by atoms with Crippen LogP contribution in [0.25, 0.3) is 22.3 Å². The second-order valence-electron chi connectivity index (χ2n) is 7.93. The highest BCUT2D eigenvalue weighted by Crippen LogP contribution is 2.55. The Kier molecular flexibility index (Phi) is 3.95. The summed E-state index contributed by atoms with van der Waals surface area (Å²) in [5.41, 5.74) is 3.14. The molecule has 0 bridgehead atoms. The third-order valence-electron chi connectivity index (χ3n) is 5.88. The molecule has 2 aliphatic heterocycles. The Bertz CT molecular complexity index is 1270. The lowest BCUT2D eigenvalue weighted by Crippen LogP contribution is -2.31. The van der Waals surface area contributed by atoms with Crippen molar-refractivity contribution in [1.29, 1.82) is 0 Å². The van der Waals surface area contributed by atoms with Crippen molar-refractivity contribution in [2.75, 3.05) is 0 Å². The number of fused-ring (bicyclic) bond motifs is 4. The van der Waals surface area contributed by atoms with E-state index in [1.165, 1.54) is 0 Å². The van der Waals surface area contributed by atoms with Gasteiger partial charge in [-0.1, -0.05) is 18.2 Å². The SMILES string of the molecule is FC1(F)C=N[C@@]2(C1)c1cc(-c3cccnc3)ccc1Oc1ncc(-c3cccnc3)cc12. The minimum Gasteiger partial charge on any atom is -0.438 e. The fourth-order valence-electron chi connectivity index (χ4n) is 4.39. The van der Waals surface area contributed by atoms with E-state index in [2.05, 4.69) is 19.9 Å². The molecule has 0 radical (unpaired) electrons. The van der Waals surface area contributed by atoms with Crippen LogP contribution in [0.2, 0.25) is 0 Å². The van der Waals surface area contributed by atoms with Crippen LogP contribution in [0.5, 0.6) is 11.6 Å². The van der Waals surface area contributed by atoms with Crippen molar-refractivity contribution >= 4 is 6.21 Å². The van der Waals surface area contributed by atoms with Crippen LogP contribution in [-0.2, 0) is 5.54 Å². The van der Waals surface area contributed by atoms with Gasteiger partial charge < -0.3 is 4.74 Å². The first-order valence-corrected chi connectivity index (χ1v) is 10.1. The highest BCUT2D eigenvalue weighted by molar-refractivity contribution is 5.77. The van der Waals surface area contributed by atoms with Crippen molar-refractivity contribution in [2.24, 2.45) is 4.99 Å². The molecule has 2 aliphatic rings. The lowest BCUT2D eigenvalue weighted by molar-refractivity contribution is 0.0667. The van der Waals surface area contributed by atoms with Gasteiger partial charge in [-0.3, -0.25) is 15.0 Å². The van der Waals surface area contributed by atoms with Crippen molar-refractivity contribution in [3.63, 3.8) is 0 Å². The fraction of sp³-hybridized carbons (Fsp3) is 0.120. The van der Waals surface area contributed by atoms with E-state index in [4.69, 9.17) is 4.74 Å². The molecule has 1 spiro atoms. The molecule has 1 atom stereocenters. The van der Waals surface area contributed by atoms with Gasteiger partial charge in [0.1, 0.15) is 11.3 Å². The molecule has 0 unspecified atom stereocenters. The second kappa shape index (κ2) is 6.75. The maximum Gasteiger partial charge on any atom is 0.285 e. The Morgan fingerprint density at radius 2 is 1.50 bits per heavy atom. The van der Waals surface area contributed by atoms with Gasteiger partial charge in [-0.15, -0.1) is 0 Å². The summed E-state index contributed by atoms with van der Waals surface area (Å²) in [6.45, 7) is 0. The van der Waals surface area contributed by atoms with Gasteiger partial charge in [-0.2, -0.15) is 0 Å². The molecule has 5 nitrogen and oxygen atoms in total. The zero-order valence-electron chi connectivity index (χ0n) is 16.7. The predicted octanol–water partition coefficient (Wildman–Crippen LogP) is 5.66. The highest BCUT2D eigenvalue weighted by atomic mass is 19.3. The molecule has 3 aromatic heterocycles. The van der Waals surface area contributed by atoms with Crippen LogP contribution in [-0.4, -0.2) is 27.1 Å². The smallest absolute Gasteiger partial charge is 0.285 e. The zero-order chi connectivity index (χ0) is 21.8. The Morgan fingerprint density at radius 3 is 2.16 bits per heavy atom. The van der Waals surface area contributed by atoms with Crippen LogP contribution < -0.4 is 4.74 Å². The lowest BCUT2D eigenvalue weighted by Gasteiger charge is -2.35. The van der Waals surface area contributed by atoms with Crippen molar-refractivity contribution in [2.45, 2.75) is 17.9 Å². The Morgan fingerprint density at radius 1 is 0.781 bits per heavy atom. The quantitative estimate of drug-likeness (QED) is 0.415. The first-order valence-electron chi connectivity index (χ1n) is 10.1. The monoisotopic (exact) mass is 426 g/mol. The summed E-state index contributed by atoms with van der Waals surface area (Å²) in [7, 11) is 0. The predicted molar refractivity (Wildman–Crippen MR) is 116 cm³/mol. The lowest BCUT2D eigenvalue weighted by atomic mass is 9.78. The van der Waals surface area contributed by atoms with Gasteiger partial charge in [0.2, 0.25) is 5.88 Å². The van der Waals surface area contributed by atoms with E-state index >= 15 is 0 Å². The van der Waals surface area contributed by atoms with Gasteiger partial charge in [-0.25, -0.2) is 13.8 Å². The zero-order valence-corrected chi connectivity index (χ0v) is 16.7. The summed E-state index contributed by atoms with van der Waals surface area (Å²) in [5.74, 6) is -2.28. The van der Waals surface area contributed by atoms with Crippen LogP contribution in [0.3, 0.4) is 0 Å². The van der Waals surface area contributed by atoms with Gasteiger partial charge in [0.25, 0.3) is 5.92 Å². The second-order valence-corrected chi connectivity index (χ2v) is 7.93. The maximum atomic E-state index is 14.6. The molecular formula is C25H16F2N4O. The number of rotatable bonds is 2. The fourth-order valence-corrected chi connectivity index (χ4v) is 4.39. The van der Waals surface area contributed by atoms with Crippen molar-refractivity contribution < 1.29 is 13.5 Å². The first-order chi connectivity index (χ1) is 15.5. The van der Waals surface area contributed by atoms with Crippen LogP contribution >= 0.6 is 0 Å². The van der Waals surface area contributed by atoms with Crippen molar-refractivity contribution in [1.82, 2.24) is 15.0 Å². The standard InChI is InChI=1S/C25H16F2N4O/c26-24(27)14-25(31-15-24)20-9-16(17-3-1-7-28-11-17)5-6-22(20)32-23-21(25)10-19(13-30-23)18-4-2-8-29-12-18/h1-13,15H,14H2/t25-/m0/s1. The van der Waals surface area contributed by atoms with Crippen LogP contribution in [0.4, 0.5) is 8.78 Å². The number of aliphatic imine (C=N–C) groups is 1. The topological polar surface area (TPSA) is 60.3 Å². The number of hydrogen-bond acceptors (Lipinski definition) is 5. The van der Waals surface area contributed by atoms with E-state index in [0.29, 0.717) is 16.9 Å². The molecular weight excluding hydrogens is 410 g/mol. The third kappa shape index (κ3) is 2.89. The summed E-state index contributed by atoms with van der Waals surface area (Å²) in [6, 6.07) is 14.8. The average molecular weight is 426 g/mol. The number of nitrogens with zero attached hydrogens (tertiary/aromatic N) is 4. The summed E-state index contributed by atoms with van der Waals surface area (Å²) < 4.78 is 35.2. The number of alkyl halides is 2. The first kappa shape index (κ1) is 18.7. The summed E-state index contributed by atoms with van der Waals surface area (Å²) in [6.07, 6.45) is 8.74. The molecule has 156 valence electrons. The highest BCUT2D eigenvalue weighted by Gasteiger charge is 2.53.